The number of fused-ring (bicyclic) bond motifs is 1. The summed E-state index contributed by atoms with van der Waals surface area (Å²) in [5, 5.41) is 2.91. The summed E-state index contributed by atoms with van der Waals surface area (Å²) in [6.45, 7) is 6.62. The van der Waals surface area contributed by atoms with Gasteiger partial charge in [-0.15, -0.1) is 0 Å². The van der Waals surface area contributed by atoms with Crippen molar-refractivity contribution in [2.75, 3.05) is 6.54 Å². The highest BCUT2D eigenvalue weighted by atomic mass is 16.1. The van der Waals surface area contributed by atoms with Crippen LogP contribution >= 0.6 is 0 Å². The van der Waals surface area contributed by atoms with Crippen molar-refractivity contribution in [1.82, 2.24) is 5.32 Å². The highest BCUT2D eigenvalue weighted by Gasteiger charge is 2.22. The largest absolute Gasteiger partial charge is 0.355 e. The van der Waals surface area contributed by atoms with Crippen LogP contribution in [0.5, 0.6) is 0 Å². The average Bonchev–Trinajstić information content (AvgIpc) is 2.73. The lowest BCUT2D eigenvalue weighted by molar-refractivity contribution is -0.119. The zero-order valence-electron chi connectivity index (χ0n) is 11.0. The summed E-state index contributed by atoms with van der Waals surface area (Å²) in [5.41, 5.74) is 4.33. The predicted molar refractivity (Wildman–Crippen MR) is 70.2 cm³/mol. The summed E-state index contributed by atoms with van der Waals surface area (Å²) in [5.74, 6) is 0.0410. The standard InChI is InChI=1S/C15H21NO/c1-11(17)16-10-15(2,3)14-8-7-12-5-4-6-13(12)9-14/h7-9H,4-6,10H2,1-3H3,(H,16,17). The van der Waals surface area contributed by atoms with Gasteiger partial charge in [0.15, 0.2) is 0 Å². The number of carbonyl (C=O) groups is 1. The average molecular weight is 231 g/mol. The molecule has 2 heteroatoms. The van der Waals surface area contributed by atoms with Gasteiger partial charge < -0.3 is 5.32 Å². The fourth-order valence-electron chi connectivity index (χ4n) is 2.44. The number of amides is 1. The zero-order chi connectivity index (χ0) is 12.5. The van der Waals surface area contributed by atoms with Crippen LogP contribution in [0.25, 0.3) is 0 Å². The SMILES string of the molecule is CC(=O)NCC(C)(C)c1ccc2c(c1)CCC2. The molecule has 0 aliphatic heterocycles. The number of benzene rings is 1. The number of hydrogen-bond donors (Lipinski definition) is 1. The molecule has 1 aromatic carbocycles. The summed E-state index contributed by atoms with van der Waals surface area (Å²) in [4.78, 5) is 11.0. The minimum atomic E-state index is 0.00326. The van der Waals surface area contributed by atoms with E-state index in [-0.39, 0.29) is 11.3 Å². The number of carbonyl (C=O) groups excluding carboxylic acids is 1. The Bertz CT molecular complexity index is 435. The number of rotatable bonds is 3. The maximum Gasteiger partial charge on any atom is 0.216 e. The van der Waals surface area contributed by atoms with Crippen molar-refractivity contribution in [3.63, 3.8) is 0 Å². The van der Waals surface area contributed by atoms with Crippen molar-refractivity contribution in [2.45, 2.75) is 45.4 Å². The lowest BCUT2D eigenvalue weighted by atomic mass is 9.83. The quantitative estimate of drug-likeness (QED) is 0.851. The fourth-order valence-corrected chi connectivity index (χ4v) is 2.44. The van der Waals surface area contributed by atoms with Crippen LogP contribution in [0.4, 0.5) is 0 Å². The molecule has 1 aliphatic carbocycles. The maximum absolute atomic E-state index is 11.0. The Hall–Kier alpha value is -1.31. The van der Waals surface area contributed by atoms with Crippen LogP contribution in [-0.4, -0.2) is 12.5 Å². The van der Waals surface area contributed by atoms with Crippen LogP contribution in [0.15, 0.2) is 18.2 Å². The smallest absolute Gasteiger partial charge is 0.216 e. The van der Waals surface area contributed by atoms with Crippen LogP contribution in [0.1, 0.15) is 43.9 Å². The molecule has 92 valence electrons. The molecule has 0 heterocycles. The molecule has 1 amide bonds. The van der Waals surface area contributed by atoms with E-state index >= 15 is 0 Å². The third-order valence-electron chi connectivity index (χ3n) is 3.66. The van der Waals surface area contributed by atoms with E-state index in [1.165, 1.54) is 36.0 Å². The van der Waals surface area contributed by atoms with Crippen molar-refractivity contribution in [3.8, 4) is 0 Å². The molecule has 0 unspecified atom stereocenters. The Kier molecular flexibility index (Phi) is 3.23. The van der Waals surface area contributed by atoms with Crippen LogP contribution in [-0.2, 0) is 23.1 Å². The van der Waals surface area contributed by atoms with E-state index in [0.717, 1.165) is 0 Å². The van der Waals surface area contributed by atoms with E-state index in [1.807, 2.05) is 0 Å². The molecule has 17 heavy (non-hydrogen) atoms. The molecule has 0 saturated heterocycles. The molecule has 0 aromatic heterocycles. The molecule has 2 rings (SSSR count). The molecule has 0 bridgehead atoms. The summed E-state index contributed by atoms with van der Waals surface area (Å²) >= 11 is 0. The molecule has 0 radical (unpaired) electrons. The van der Waals surface area contributed by atoms with Crippen molar-refractivity contribution >= 4 is 5.91 Å². The van der Waals surface area contributed by atoms with E-state index in [9.17, 15) is 4.79 Å². The minimum absolute atomic E-state index is 0.00326. The van der Waals surface area contributed by atoms with Crippen molar-refractivity contribution < 1.29 is 4.79 Å². The summed E-state index contributed by atoms with van der Waals surface area (Å²) in [6, 6.07) is 6.79. The molecule has 1 aromatic rings. The van der Waals surface area contributed by atoms with Gasteiger partial charge in [0.25, 0.3) is 0 Å². The van der Waals surface area contributed by atoms with Gasteiger partial charge in [-0.1, -0.05) is 32.0 Å². The first-order chi connectivity index (χ1) is 7.99. The molecule has 0 spiro atoms. The van der Waals surface area contributed by atoms with Crippen molar-refractivity contribution in [1.29, 1.82) is 0 Å². The molecule has 0 atom stereocenters. The third kappa shape index (κ3) is 2.68. The monoisotopic (exact) mass is 231 g/mol. The Morgan fingerprint density at radius 2 is 2.00 bits per heavy atom. The first-order valence-corrected chi connectivity index (χ1v) is 6.36. The topological polar surface area (TPSA) is 29.1 Å². The third-order valence-corrected chi connectivity index (χ3v) is 3.66. The highest BCUT2D eigenvalue weighted by molar-refractivity contribution is 5.72. The van der Waals surface area contributed by atoms with Crippen LogP contribution in [0.2, 0.25) is 0 Å². The van der Waals surface area contributed by atoms with Gasteiger partial charge >= 0.3 is 0 Å². The fraction of sp³-hybridized carbons (Fsp3) is 0.533. The Morgan fingerprint density at radius 1 is 1.29 bits per heavy atom. The van der Waals surface area contributed by atoms with Gasteiger partial charge in [0, 0.05) is 18.9 Å². The summed E-state index contributed by atoms with van der Waals surface area (Å²) in [7, 11) is 0. The number of aryl methyl sites for hydroxylation is 2. The van der Waals surface area contributed by atoms with Crippen molar-refractivity contribution in [3.05, 3.63) is 34.9 Å². The predicted octanol–water partition coefficient (Wildman–Crippen LogP) is 2.59. The first kappa shape index (κ1) is 12.2. The van der Waals surface area contributed by atoms with E-state index in [0.29, 0.717) is 6.54 Å². The van der Waals surface area contributed by atoms with E-state index in [1.54, 1.807) is 6.92 Å². The van der Waals surface area contributed by atoms with Gasteiger partial charge in [0.1, 0.15) is 0 Å². The molecule has 2 nitrogen and oxygen atoms in total. The van der Waals surface area contributed by atoms with Gasteiger partial charge in [-0.25, -0.2) is 0 Å². The second kappa shape index (κ2) is 4.52. The van der Waals surface area contributed by atoms with Gasteiger partial charge in [-0.05, 0) is 36.0 Å². The van der Waals surface area contributed by atoms with Crippen LogP contribution in [0, 0.1) is 0 Å². The Balaban J connectivity index is 2.18. The van der Waals surface area contributed by atoms with E-state index in [2.05, 4.69) is 37.4 Å². The normalized spacial score (nSPS) is 14.5. The van der Waals surface area contributed by atoms with Crippen LogP contribution in [0.3, 0.4) is 0 Å². The lowest BCUT2D eigenvalue weighted by Crippen LogP contribution is -2.35. The van der Waals surface area contributed by atoms with E-state index < -0.39 is 0 Å². The van der Waals surface area contributed by atoms with Gasteiger partial charge in [-0.2, -0.15) is 0 Å². The van der Waals surface area contributed by atoms with Gasteiger partial charge in [-0.3, -0.25) is 4.79 Å². The Labute approximate surface area is 103 Å². The highest BCUT2D eigenvalue weighted by Crippen LogP contribution is 2.29. The zero-order valence-corrected chi connectivity index (χ0v) is 11.0. The lowest BCUT2D eigenvalue weighted by Gasteiger charge is -2.26. The molecule has 0 fully saturated rings. The van der Waals surface area contributed by atoms with Gasteiger partial charge in [0.05, 0.1) is 0 Å². The summed E-state index contributed by atoms with van der Waals surface area (Å²) in [6.07, 6.45) is 3.71. The van der Waals surface area contributed by atoms with E-state index in [4.69, 9.17) is 0 Å². The molecular weight excluding hydrogens is 210 g/mol. The second-order valence-corrected chi connectivity index (χ2v) is 5.63. The number of hydrogen-bond acceptors (Lipinski definition) is 1. The Morgan fingerprint density at radius 3 is 2.71 bits per heavy atom. The molecule has 0 saturated carbocycles. The maximum atomic E-state index is 11.0. The molecular formula is C15H21NO. The molecule has 1 aliphatic rings. The van der Waals surface area contributed by atoms with Crippen molar-refractivity contribution in [2.24, 2.45) is 0 Å². The minimum Gasteiger partial charge on any atom is -0.355 e. The summed E-state index contributed by atoms with van der Waals surface area (Å²) < 4.78 is 0. The second-order valence-electron chi connectivity index (χ2n) is 5.63. The van der Waals surface area contributed by atoms with Gasteiger partial charge in [0.2, 0.25) is 5.91 Å². The van der Waals surface area contributed by atoms with Crippen LogP contribution < -0.4 is 5.32 Å². The number of nitrogens with one attached hydrogen (secondary N) is 1. The molecule has 1 N–H and O–H groups in total. The first-order valence-electron chi connectivity index (χ1n) is 6.36.